The number of nitrogens with zero attached hydrogens (tertiary/aromatic N) is 2. The standard InChI is InChI=1S/C21H23N3O2S/c1-21(2)8-7-16-15(11-21)17(18-22-9-4-10-23-18)20(27-16)24-19(26)14-6-3-5-13(14)12-25/h4,9-10,12H,3,5-8,11H2,1-2H3,(H,24,26). The first-order valence-electron chi connectivity index (χ1n) is 9.39. The summed E-state index contributed by atoms with van der Waals surface area (Å²) in [7, 11) is 0. The van der Waals surface area contributed by atoms with Gasteiger partial charge in [-0.3, -0.25) is 9.59 Å². The van der Waals surface area contributed by atoms with Gasteiger partial charge in [0.05, 0.1) is 5.56 Å². The maximum absolute atomic E-state index is 12.8. The van der Waals surface area contributed by atoms with Gasteiger partial charge in [-0.2, -0.15) is 0 Å². The lowest BCUT2D eigenvalue weighted by Crippen LogP contribution is -2.21. The fraction of sp³-hybridized carbons (Fsp3) is 0.429. The minimum Gasteiger partial charge on any atom is -0.313 e. The molecule has 6 heteroatoms. The summed E-state index contributed by atoms with van der Waals surface area (Å²) < 4.78 is 0. The van der Waals surface area contributed by atoms with Crippen LogP contribution in [0.5, 0.6) is 0 Å². The Labute approximate surface area is 162 Å². The van der Waals surface area contributed by atoms with Gasteiger partial charge >= 0.3 is 0 Å². The lowest BCUT2D eigenvalue weighted by atomic mass is 9.76. The molecule has 5 nitrogen and oxygen atoms in total. The largest absolute Gasteiger partial charge is 0.313 e. The number of anilines is 1. The number of nitrogens with one attached hydrogen (secondary N) is 1. The Bertz CT molecular complexity index is 928. The van der Waals surface area contributed by atoms with Crippen molar-refractivity contribution in [3.63, 3.8) is 0 Å². The van der Waals surface area contributed by atoms with E-state index >= 15 is 0 Å². The molecule has 0 fully saturated rings. The molecule has 0 bridgehead atoms. The molecule has 1 amide bonds. The van der Waals surface area contributed by atoms with Crippen LogP contribution < -0.4 is 5.32 Å². The Kier molecular flexibility index (Phi) is 4.68. The van der Waals surface area contributed by atoms with Gasteiger partial charge in [-0.15, -0.1) is 11.3 Å². The van der Waals surface area contributed by atoms with E-state index in [4.69, 9.17) is 0 Å². The molecule has 2 aromatic heterocycles. The highest BCUT2D eigenvalue weighted by Crippen LogP contribution is 2.47. The third-order valence-electron chi connectivity index (χ3n) is 5.47. The molecule has 2 aliphatic rings. The summed E-state index contributed by atoms with van der Waals surface area (Å²) in [5.41, 5.74) is 3.68. The molecule has 2 heterocycles. The van der Waals surface area contributed by atoms with Crippen LogP contribution in [-0.2, 0) is 22.4 Å². The van der Waals surface area contributed by atoms with Crippen LogP contribution in [0.2, 0.25) is 0 Å². The second-order valence-electron chi connectivity index (χ2n) is 8.05. The third-order valence-corrected chi connectivity index (χ3v) is 6.68. The van der Waals surface area contributed by atoms with E-state index in [9.17, 15) is 9.59 Å². The summed E-state index contributed by atoms with van der Waals surface area (Å²) >= 11 is 1.63. The number of hydrogen-bond donors (Lipinski definition) is 1. The number of amides is 1. The van der Waals surface area contributed by atoms with E-state index < -0.39 is 0 Å². The Balaban J connectivity index is 1.76. The van der Waals surface area contributed by atoms with E-state index in [1.807, 2.05) is 0 Å². The second kappa shape index (κ2) is 7.00. The SMILES string of the molecule is CC1(C)CCc2sc(NC(=O)C3=C(C=O)CCC3)c(-c3ncccn3)c2C1. The number of carbonyl (C=O) groups excluding carboxylic acids is 2. The van der Waals surface area contributed by atoms with E-state index in [0.717, 1.165) is 42.5 Å². The average Bonchev–Trinajstić information content (AvgIpc) is 3.25. The molecular formula is C21H23N3O2S. The maximum Gasteiger partial charge on any atom is 0.252 e. The number of allylic oxidation sites excluding steroid dienone is 1. The predicted molar refractivity (Wildman–Crippen MR) is 107 cm³/mol. The minimum absolute atomic E-state index is 0.162. The second-order valence-corrected chi connectivity index (χ2v) is 9.16. The summed E-state index contributed by atoms with van der Waals surface area (Å²) in [5, 5.41) is 3.89. The van der Waals surface area contributed by atoms with Gasteiger partial charge in [-0.25, -0.2) is 9.97 Å². The molecule has 1 N–H and O–H groups in total. The zero-order chi connectivity index (χ0) is 19.0. The number of aldehydes is 1. The van der Waals surface area contributed by atoms with Gasteiger partial charge in [-0.05, 0) is 55.6 Å². The van der Waals surface area contributed by atoms with Crippen molar-refractivity contribution in [2.24, 2.45) is 5.41 Å². The van der Waals surface area contributed by atoms with Gasteiger partial charge in [-0.1, -0.05) is 13.8 Å². The van der Waals surface area contributed by atoms with Crippen molar-refractivity contribution in [2.45, 2.75) is 52.4 Å². The van der Waals surface area contributed by atoms with Gasteiger partial charge in [0.1, 0.15) is 11.3 Å². The van der Waals surface area contributed by atoms with Crippen molar-refractivity contribution in [2.75, 3.05) is 5.32 Å². The summed E-state index contributed by atoms with van der Waals surface area (Å²) in [4.78, 5) is 34.3. The lowest BCUT2D eigenvalue weighted by Gasteiger charge is -2.29. The van der Waals surface area contributed by atoms with Crippen LogP contribution >= 0.6 is 11.3 Å². The first-order chi connectivity index (χ1) is 13.0. The van der Waals surface area contributed by atoms with Gasteiger partial charge in [0.2, 0.25) is 0 Å². The molecule has 140 valence electrons. The molecule has 0 spiro atoms. The number of carbonyl (C=O) groups is 2. The van der Waals surface area contributed by atoms with Crippen molar-refractivity contribution >= 4 is 28.5 Å². The molecule has 0 atom stereocenters. The first-order valence-corrected chi connectivity index (χ1v) is 10.2. The minimum atomic E-state index is -0.162. The van der Waals surface area contributed by atoms with E-state index in [1.54, 1.807) is 29.8 Å². The number of hydrogen-bond acceptors (Lipinski definition) is 5. The van der Waals surface area contributed by atoms with Crippen LogP contribution in [0.15, 0.2) is 29.6 Å². The molecule has 0 aliphatic heterocycles. The van der Waals surface area contributed by atoms with Gasteiger partial charge in [0, 0.05) is 28.4 Å². The molecule has 4 rings (SSSR count). The Hall–Kier alpha value is -2.34. The molecule has 2 aliphatic carbocycles. The van der Waals surface area contributed by atoms with Crippen molar-refractivity contribution in [1.82, 2.24) is 9.97 Å². The van der Waals surface area contributed by atoms with Gasteiger partial charge in [0.25, 0.3) is 5.91 Å². The molecule has 0 saturated carbocycles. The third kappa shape index (κ3) is 3.46. The Morgan fingerprint density at radius 1 is 1.22 bits per heavy atom. The summed E-state index contributed by atoms with van der Waals surface area (Å²) in [5.74, 6) is 0.489. The van der Waals surface area contributed by atoms with Crippen LogP contribution in [0.3, 0.4) is 0 Å². The van der Waals surface area contributed by atoms with Gasteiger partial charge < -0.3 is 5.32 Å². The molecule has 27 heavy (non-hydrogen) atoms. The number of rotatable bonds is 4. The summed E-state index contributed by atoms with van der Waals surface area (Å²) in [6.45, 7) is 4.56. The topological polar surface area (TPSA) is 72.0 Å². The average molecular weight is 382 g/mol. The Morgan fingerprint density at radius 2 is 2.00 bits per heavy atom. The number of aryl methyl sites for hydroxylation is 1. The van der Waals surface area contributed by atoms with E-state index in [1.165, 1.54) is 10.4 Å². The quantitative estimate of drug-likeness (QED) is 0.800. The van der Waals surface area contributed by atoms with Crippen molar-refractivity contribution in [3.8, 4) is 11.4 Å². The maximum atomic E-state index is 12.8. The van der Waals surface area contributed by atoms with Crippen LogP contribution in [-0.4, -0.2) is 22.2 Å². The number of thiophene rings is 1. The van der Waals surface area contributed by atoms with Crippen molar-refractivity contribution < 1.29 is 9.59 Å². The highest BCUT2D eigenvalue weighted by Gasteiger charge is 2.32. The van der Waals surface area contributed by atoms with Crippen LogP contribution in [0, 0.1) is 5.41 Å². The fourth-order valence-corrected chi connectivity index (χ4v) is 5.22. The van der Waals surface area contributed by atoms with Crippen LogP contribution in [0.1, 0.15) is 50.0 Å². The Morgan fingerprint density at radius 3 is 2.74 bits per heavy atom. The van der Waals surface area contributed by atoms with Crippen molar-refractivity contribution in [1.29, 1.82) is 0 Å². The van der Waals surface area contributed by atoms with E-state index in [2.05, 4.69) is 29.1 Å². The lowest BCUT2D eigenvalue weighted by molar-refractivity contribution is -0.113. The van der Waals surface area contributed by atoms with Crippen molar-refractivity contribution in [3.05, 3.63) is 40.0 Å². The zero-order valence-electron chi connectivity index (χ0n) is 15.7. The molecule has 0 radical (unpaired) electrons. The van der Waals surface area contributed by atoms with Gasteiger partial charge in [0.15, 0.2) is 5.82 Å². The number of aromatic nitrogens is 2. The van der Waals surface area contributed by atoms with E-state index in [0.29, 0.717) is 29.8 Å². The molecule has 0 unspecified atom stereocenters. The molecule has 0 saturated heterocycles. The molecule has 2 aromatic rings. The van der Waals surface area contributed by atoms with Crippen LogP contribution in [0.25, 0.3) is 11.4 Å². The van der Waals surface area contributed by atoms with Crippen LogP contribution in [0.4, 0.5) is 5.00 Å². The fourth-order valence-electron chi connectivity index (χ4n) is 4.01. The number of fused-ring (bicyclic) bond motifs is 1. The highest BCUT2D eigenvalue weighted by atomic mass is 32.1. The van der Waals surface area contributed by atoms with E-state index in [-0.39, 0.29) is 11.3 Å². The highest BCUT2D eigenvalue weighted by molar-refractivity contribution is 7.17. The summed E-state index contributed by atoms with van der Waals surface area (Å²) in [6.07, 6.45) is 9.59. The smallest absolute Gasteiger partial charge is 0.252 e. The predicted octanol–water partition coefficient (Wildman–Crippen LogP) is 4.34. The molecular weight excluding hydrogens is 358 g/mol. The normalized spacial score (nSPS) is 18.3. The molecule has 0 aromatic carbocycles. The first kappa shape index (κ1) is 18.0. The zero-order valence-corrected chi connectivity index (χ0v) is 16.5. The summed E-state index contributed by atoms with van der Waals surface area (Å²) in [6, 6.07) is 1.80. The monoisotopic (exact) mass is 381 g/mol.